The molecule has 1 amide bonds. The predicted molar refractivity (Wildman–Crippen MR) is 130 cm³/mol. The molecule has 0 aliphatic carbocycles. The number of rotatable bonds is 12. The number of ether oxygens (including phenoxy) is 2. The van der Waals surface area contributed by atoms with Gasteiger partial charge in [0.2, 0.25) is 15.9 Å². The van der Waals surface area contributed by atoms with Crippen molar-refractivity contribution in [1.29, 1.82) is 0 Å². The van der Waals surface area contributed by atoms with E-state index >= 15 is 0 Å². The molecule has 0 fully saturated rings. The minimum absolute atomic E-state index is 0.0308. The second kappa shape index (κ2) is 12.0. The smallest absolute Gasteiger partial charge is 0.322 e. The van der Waals surface area contributed by atoms with Crippen LogP contribution in [0.5, 0.6) is 0 Å². The highest BCUT2D eigenvalue weighted by Crippen LogP contribution is 2.19. The lowest BCUT2D eigenvalue weighted by molar-refractivity contribution is 0.102. The number of carbonyl (C=O) groups excluding carboxylic acids is 1. The predicted octanol–water partition coefficient (Wildman–Crippen LogP) is 2.81. The van der Waals surface area contributed by atoms with E-state index in [0.717, 1.165) is 11.1 Å². The monoisotopic (exact) mass is 502 g/mol. The molecule has 3 rings (SSSR count). The van der Waals surface area contributed by atoms with Crippen molar-refractivity contribution in [3.63, 3.8) is 0 Å². The summed E-state index contributed by atoms with van der Waals surface area (Å²) >= 11 is 0. The van der Waals surface area contributed by atoms with E-state index in [1.54, 1.807) is 0 Å². The summed E-state index contributed by atoms with van der Waals surface area (Å²) < 4.78 is 42.9. The number of anilines is 1. The summed E-state index contributed by atoms with van der Waals surface area (Å²) in [5.74, 6) is -0.118. The van der Waals surface area contributed by atoms with E-state index < -0.39 is 15.9 Å². The number of amides is 1. The number of carbonyl (C=O) groups is 1. The van der Waals surface area contributed by atoms with Gasteiger partial charge < -0.3 is 13.9 Å². The molecule has 188 valence electrons. The molecule has 0 spiro atoms. The van der Waals surface area contributed by atoms with Gasteiger partial charge in [-0.15, -0.1) is 5.10 Å². The van der Waals surface area contributed by atoms with Gasteiger partial charge in [0, 0.05) is 32.9 Å². The molecule has 0 aliphatic heterocycles. The zero-order valence-electron chi connectivity index (χ0n) is 20.3. The van der Waals surface area contributed by atoms with Crippen molar-refractivity contribution in [2.45, 2.75) is 25.2 Å². The summed E-state index contributed by atoms with van der Waals surface area (Å²) in [6, 6.07) is 11.7. The number of benzene rings is 2. The lowest BCUT2D eigenvalue weighted by Gasteiger charge is -2.21. The molecule has 11 heteroatoms. The first-order valence-electron chi connectivity index (χ1n) is 11.0. The van der Waals surface area contributed by atoms with Crippen LogP contribution in [0.1, 0.15) is 32.9 Å². The van der Waals surface area contributed by atoms with E-state index in [2.05, 4.69) is 21.6 Å². The fourth-order valence-corrected chi connectivity index (χ4v) is 4.83. The molecule has 2 aromatic carbocycles. The Kier molecular flexibility index (Phi) is 9.10. The van der Waals surface area contributed by atoms with Crippen LogP contribution in [0.15, 0.2) is 51.8 Å². The first-order chi connectivity index (χ1) is 16.7. The Morgan fingerprint density at radius 3 is 2.26 bits per heavy atom. The Labute approximate surface area is 205 Å². The summed E-state index contributed by atoms with van der Waals surface area (Å²) in [5, 5.41) is 10.4. The topological polar surface area (TPSA) is 124 Å². The molecular formula is C24H30N4O6S. The van der Waals surface area contributed by atoms with Gasteiger partial charge in [-0.25, -0.2) is 8.42 Å². The van der Waals surface area contributed by atoms with Crippen LogP contribution >= 0.6 is 0 Å². The van der Waals surface area contributed by atoms with E-state index in [4.69, 9.17) is 13.9 Å². The van der Waals surface area contributed by atoms with Gasteiger partial charge in [-0.3, -0.25) is 10.1 Å². The third kappa shape index (κ3) is 6.95. The Morgan fingerprint density at radius 2 is 1.66 bits per heavy atom. The molecule has 1 N–H and O–H groups in total. The van der Waals surface area contributed by atoms with Crippen molar-refractivity contribution in [3.8, 4) is 0 Å². The first-order valence-corrected chi connectivity index (χ1v) is 12.5. The van der Waals surface area contributed by atoms with E-state index in [9.17, 15) is 13.2 Å². The fraction of sp³-hybridized carbons (Fsp3) is 0.375. The van der Waals surface area contributed by atoms with Gasteiger partial charge in [0.15, 0.2) is 0 Å². The maximum absolute atomic E-state index is 13.0. The van der Waals surface area contributed by atoms with Gasteiger partial charge >= 0.3 is 6.01 Å². The Bertz CT molecular complexity index is 1230. The summed E-state index contributed by atoms with van der Waals surface area (Å²) in [4.78, 5) is 12.7. The quantitative estimate of drug-likeness (QED) is 0.401. The Balaban J connectivity index is 1.67. The molecule has 0 bridgehead atoms. The largest absolute Gasteiger partial charge is 0.407 e. The van der Waals surface area contributed by atoms with Crippen LogP contribution in [0.3, 0.4) is 0 Å². The molecule has 0 radical (unpaired) electrons. The lowest BCUT2D eigenvalue weighted by atomic mass is 10.0. The van der Waals surface area contributed by atoms with Gasteiger partial charge in [0.25, 0.3) is 5.91 Å². The van der Waals surface area contributed by atoms with Gasteiger partial charge in [-0.1, -0.05) is 28.9 Å². The number of hydrogen-bond donors (Lipinski definition) is 1. The van der Waals surface area contributed by atoms with Crippen molar-refractivity contribution in [3.05, 3.63) is 70.6 Å². The van der Waals surface area contributed by atoms with Crippen molar-refractivity contribution in [1.82, 2.24) is 14.5 Å². The third-order valence-corrected chi connectivity index (χ3v) is 7.28. The SMILES string of the molecule is COCCN(CCOC)S(=O)(=O)c1ccc(C(=O)Nc2nnc(Cc3ccc(C)cc3C)o2)cc1. The van der Waals surface area contributed by atoms with Crippen LogP contribution in [0.25, 0.3) is 0 Å². The van der Waals surface area contributed by atoms with Crippen molar-refractivity contribution in [2.75, 3.05) is 45.8 Å². The molecular weight excluding hydrogens is 472 g/mol. The number of methoxy groups -OCH3 is 2. The standard InChI is InChI=1S/C24H30N4O6S/c1-17-5-6-20(18(2)15-17)16-22-26-27-24(34-22)25-23(29)19-7-9-21(10-8-19)35(30,31)28(11-13-32-3)12-14-33-4/h5-10,15H,11-14,16H2,1-4H3,(H,25,27,29). The average molecular weight is 503 g/mol. The van der Waals surface area contributed by atoms with Crippen LogP contribution in [-0.4, -0.2) is 69.4 Å². The van der Waals surface area contributed by atoms with Crippen molar-refractivity contribution < 1.29 is 27.1 Å². The fourth-order valence-electron chi connectivity index (χ4n) is 3.42. The van der Waals surface area contributed by atoms with Crippen molar-refractivity contribution in [2.24, 2.45) is 0 Å². The van der Waals surface area contributed by atoms with Crippen LogP contribution in [0.4, 0.5) is 6.01 Å². The molecule has 0 saturated heterocycles. The van der Waals surface area contributed by atoms with Crippen molar-refractivity contribution >= 4 is 21.9 Å². The van der Waals surface area contributed by atoms with Gasteiger partial charge in [-0.05, 0) is 49.2 Å². The van der Waals surface area contributed by atoms with Gasteiger partial charge in [0.1, 0.15) is 0 Å². The first kappa shape index (κ1) is 26.5. The highest BCUT2D eigenvalue weighted by molar-refractivity contribution is 7.89. The number of aryl methyl sites for hydroxylation is 2. The minimum atomic E-state index is -3.78. The Morgan fingerprint density at radius 1 is 1.00 bits per heavy atom. The second-order valence-electron chi connectivity index (χ2n) is 7.98. The summed E-state index contributed by atoms with van der Waals surface area (Å²) in [7, 11) is -0.770. The summed E-state index contributed by atoms with van der Waals surface area (Å²) in [5.41, 5.74) is 3.59. The molecule has 0 aliphatic rings. The van der Waals surface area contributed by atoms with Crippen LogP contribution in [0, 0.1) is 13.8 Å². The van der Waals surface area contributed by atoms with E-state index in [-0.39, 0.29) is 42.8 Å². The third-order valence-electron chi connectivity index (χ3n) is 5.37. The highest BCUT2D eigenvalue weighted by atomic mass is 32.2. The molecule has 1 heterocycles. The van der Waals surface area contributed by atoms with Gasteiger partial charge in [-0.2, -0.15) is 4.31 Å². The maximum atomic E-state index is 13.0. The number of sulfonamides is 1. The Hall–Kier alpha value is -3.12. The highest BCUT2D eigenvalue weighted by Gasteiger charge is 2.24. The lowest BCUT2D eigenvalue weighted by Crippen LogP contribution is -2.36. The molecule has 3 aromatic rings. The molecule has 0 unspecified atom stereocenters. The zero-order valence-corrected chi connectivity index (χ0v) is 21.1. The number of nitrogens with one attached hydrogen (secondary N) is 1. The molecule has 0 saturated carbocycles. The minimum Gasteiger partial charge on any atom is -0.407 e. The summed E-state index contributed by atoms with van der Waals surface area (Å²) in [6.45, 7) is 4.91. The van der Waals surface area contributed by atoms with Crippen LogP contribution in [-0.2, 0) is 25.9 Å². The molecule has 0 atom stereocenters. The normalized spacial score (nSPS) is 11.7. The van der Waals surface area contributed by atoms with E-state index in [0.29, 0.717) is 12.3 Å². The zero-order chi connectivity index (χ0) is 25.4. The van der Waals surface area contributed by atoms with E-state index in [1.165, 1.54) is 48.4 Å². The maximum Gasteiger partial charge on any atom is 0.322 e. The van der Waals surface area contributed by atoms with Crippen LogP contribution in [0.2, 0.25) is 0 Å². The number of nitrogens with zero attached hydrogens (tertiary/aromatic N) is 3. The average Bonchev–Trinajstić information content (AvgIpc) is 3.27. The number of hydrogen-bond acceptors (Lipinski definition) is 8. The van der Waals surface area contributed by atoms with E-state index in [1.807, 2.05) is 26.0 Å². The molecule has 35 heavy (non-hydrogen) atoms. The molecule has 1 aromatic heterocycles. The molecule has 10 nitrogen and oxygen atoms in total. The summed E-state index contributed by atoms with van der Waals surface area (Å²) in [6.07, 6.45) is 0.449. The van der Waals surface area contributed by atoms with Gasteiger partial charge in [0.05, 0.1) is 24.5 Å². The van der Waals surface area contributed by atoms with Crippen LogP contribution < -0.4 is 5.32 Å². The second-order valence-corrected chi connectivity index (χ2v) is 9.91. The number of aromatic nitrogens is 2.